The smallest absolute Gasteiger partial charge is 0.307 e. The molecule has 0 radical (unpaired) electrons. The summed E-state index contributed by atoms with van der Waals surface area (Å²) < 4.78 is 10.7. The minimum atomic E-state index is -0.121. The summed E-state index contributed by atoms with van der Waals surface area (Å²) in [5.41, 5.74) is 0. The summed E-state index contributed by atoms with van der Waals surface area (Å²) in [7, 11) is 0. The van der Waals surface area contributed by atoms with E-state index in [0.717, 1.165) is 57.4 Å². The molecule has 2 heterocycles. The van der Waals surface area contributed by atoms with E-state index in [0.29, 0.717) is 13.0 Å². The van der Waals surface area contributed by atoms with Crippen LogP contribution in [-0.2, 0) is 9.53 Å². The summed E-state index contributed by atoms with van der Waals surface area (Å²) in [6, 6.07) is 0. The number of ether oxygens (including phenoxy) is 2. The standard InChI is InChI=1S/C21H36N4O3/c1-3-5-6-7-8-9-16-28-19-17-22-21(23-18-19)25-14-12-24(13-15-25)11-10-20(26)27-4-2/h17-18H,3-16H2,1-2H3. The van der Waals surface area contributed by atoms with Crippen LogP contribution in [0.25, 0.3) is 0 Å². The molecule has 0 bridgehead atoms. The van der Waals surface area contributed by atoms with Crippen molar-refractivity contribution in [3.63, 3.8) is 0 Å². The van der Waals surface area contributed by atoms with E-state index in [4.69, 9.17) is 9.47 Å². The molecule has 0 saturated carbocycles. The Kier molecular flexibility index (Phi) is 10.7. The molecule has 158 valence electrons. The van der Waals surface area contributed by atoms with Crippen LogP contribution in [0.1, 0.15) is 58.8 Å². The summed E-state index contributed by atoms with van der Waals surface area (Å²) in [4.78, 5) is 24.9. The van der Waals surface area contributed by atoms with Crippen LogP contribution in [0.15, 0.2) is 12.4 Å². The molecule has 1 saturated heterocycles. The Hall–Kier alpha value is -1.89. The Morgan fingerprint density at radius 3 is 2.36 bits per heavy atom. The predicted octanol–water partition coefficient (Wildman–Crippen LogP) is 3.29. The fourth-order valence-electron chi connectivity index (χ4n) is 3.27. The van der Waals surface area contributed by atoms with Gasteiger partial charge in [-0.1, -0.05) is 39.0 Å². The molecular formula is C21H36N4O3. The van der Waals surface area contributed by atoms with E-state index in [-0.39, 0.29) is 5.97 Å². The van der Waals surface area contributed by atoms with Crippen molar-refractivity contribution in [2.45, 2.75) is 58.8 Å². The lowest BCUT2D eigenvalue weighted by molar-refractivity contribution is -0.143. The lowest BCUT2D eigenvalue weighted by atomic mass is 10.1. The van der Waals surface area contributed by atoms with E-state index < -0.39 is 0 Å². The SMILES string of the molecule is CCCCCCCCOc1cnc(N2CCN(CCC(=O)OCC)CC2)nc1. The largest absolute Gasteiger partial charge is 0.490 e. The van der Waals surface area contributed by atoms with Crippen molar-refractivity contribution in [3.8, 4) is 5.75 Å². The molecule has 0 atom stereocenters. The number of hydrogen-bond acceptors (Lipinski definition) is 7. The van der Waals surface area contributed by atoms with Gasteiger partial charge >= 0.3 is 5.97 Å². The highest BCUT2D eigenvalue weighted by atomic mass is 16.5. The van der Waals surface area contributed by atoms with E-state index in [1.165, 1.54) is 32.1 Å². The average Bonchev–Trinajstić information content (AvgIpc) is 2.73. The molecule has 0 spiro atoms. The first-order valence-electron chi connectivity index (χ1n) is 10.8. The Balaban J connectivity index is 1.62. The number of unbranched alkanes of at least 4 members (excludes halogenated alkanes) is 5. The maximum Gasteiger partial charge on any atom is 0.307 e. The Morgan fingerprint density at radius 1 is 1.00 bits per heavy atom. The highest BCUT2D eigenvalue weighted by molar-refractivity contribution is 5.69. The van der Waals surface area contributed by atoms with Gasteiger partial charge in [-0.05, 0) is 13.3 Å². The van der Waals surface area contributed by atoms with Gasteiger partial charge in [0.05, 0.1) is 32.0 Å². The second-order valence-corrected chi connectivity index (χ2v) is 7.22. The molecule has 0 amide bonds. The minimum Gasteiger partial charge on any atom is -0.490 e. The summed E-state index contributed by atoms with van der Waals surface area (Å²) >= 11 is 0. The fourth-order valence-corrected chi connectivity index (χ4v) is 3.27. The Labute approximate surface area is 169 Å². The number of hydrogen-bond donors (Lipinski definition) is 0. The molecule has 1 aromatic heterocycles. The molecule has 28 heavy (non-hydrogen) atoms. The third-order valence-corrected chi connectivity index (χ3v) is 4.97. The van der Waals surface area contributed by atoms with Crippen LogP contribution in [0.3, 0.4) is 0 Å². The van der Waals surface area contributed by atoms with E-state index in [2.05, 4.69) is 26.7 Å². The normalized spacial score (nSPS) is 14.9. The van der Waals surface area contributed by atoms with Gasteiger partial charge in [0.25, 0.3) is 0 Å². The first-order valence-corrected chi connectivity index (χ1v) is 10.8. The van der Waals surface area contributed by atoms with Gasteiger partial charge in [0.2, 0.25) is 5.95 Å². The molecule has 1 aliphatic rings. The van der Waals surface area contributed by atoms with Gasteiger partial charge in [0, 0.05) is 32.7 Å². The van der Waals surface area contributed by atoms with Gasteiger partial charge in [-0.3, -0.25) is 9.69 Å². The van der Waals surface area contributed by atoms with Crippen molar-refractivity contribution >= 4 is 11.9 Å². The molecule has 7 heteroatoms. The molecule has 2 rings (SSSR count). The summed E-state index contributed by atoms with van der Waals surface area (Å²) in [5.74, 6) is 1.37. The molecule has 0 aromatic carbocycles. The van der Waals surface area contributed by atoms with Crippen LogP contribution in [0.2, 0.25) is 0 Å². The molecule has 1 fully saturated rings. The quantitative estimate of drug-likeness (QED) is 0.377. The van der Waals surface area contributed by atoms with E-state index >= 15 is 0 Å². The number of anilines is 1. The zero-order valence-corrected chi connectivity index (χ0v) is 17.6. The maximum atomic E-state index is 11.5. The number of carbonyl (C=O) groups excluding carboxylic acids is 1. The third-order valence-electron chi connectivity index (χ3n) is 4.97. The van der Waals surface area contributed by atoms with Crippen LogP contribution >= 0.6 is 0 Å². The van der Waals surface area contributed by atoms with E-state index in [9.17, 15) is 4.79 Å². The van der Waals surface area contributed by atoms with Crippen molar-refractivity contribution in [1.82, 2.24) is 14.9 Å². The number of aromatic nitrogens is 2. The number of piperazine rings is 1. The molecule has 1 aliphatic heterocycles. The van der Waals surface area contributed by atoms with Crippen molar-refractivity contribution < 1.29 is 14.3 Å². The van der Waals surface area contributed by atoms with Crippen LogP contribution < -0.4 is 9.64 Å². The third kappa shape index (κ3) is 8.42. The van der Waals surface area contributed by atoms with Gasteiger partial charge in [0.15, 0.2) is 5.75 Å². The van der Waals surface area contributed by atoms with Gasteiger partial charge in [-0.25, -0.2) is 9.97 Å². The van der Waals surface area contributed by atoms with Crippen molar-refractivity contribution in [2.24, 2.45) is 0 Å². The first-order chi connectivity index (χ1) is 13.7. The lowest BCUT2D eigenvalue weighted by Gasteiger charge is -2.34. The van der Waals surface area contributed by atoms with Crippen LogP contribution in [0.4, 0.5) is 5.95 Å². The molecule has 0 aliphatic carbocycles. The minimum absolute atomic E-state index is 0.121. The van der Waals surface area contributed by atoms with E-state index in [1.54, 1.807) is 12.4 Å². The summed E-state index contributed by atoms with van der Waals surface area (Å²) in [5, 5.41) is 0. The maximum absolute atomic E-state index is 11.5. The first kappa shape index (κ1) is 22.4. The molecular weight excluding hydrogens is 356 g/mol. The molecule has 1 aromatic rings. The fraction of sp³-hybridized carbons (Fsp3) is 0.762. The second kappa shape index (κ2) is 13.3. The number of nitrogens with zero attached hydrogens (tertiary/aromatic N) is 4. The molecule has 0 unspecified atom stereocenters. The van der Waals surface area contributed by atoms with Crippen molar-refractivity contribution in [1.29, 1.82) is 0 Å². The summed E-state index contributed by atoms with van der Waals surface area (Å²) in [6.45, 7) is 9.52. The van der Waals surface area contributed by atoms with Gasteiger partial charge in [-0.15, -0.1) is 0 Å². The predicted molar refractivity (Wildman–Crippen MR) is 111 cm³/mol. The highest BCUT2D eigenvalue weighted by Gasteiger charge is 2.19. The van der Waals surface area contributed by atoms with Gasteiger partial charge < -0.3 is 14.4 Å². The monoisotopic (exact) mass is 392 g/mol. The molecule has 0 N–H and O–H groups in total. The zero-order valence-electron chi connectivity index (χ0n) is 17.6. The Bertz CT molecular complexity index is 545. The highest BCUT2D eigenvalue weighted by Crippen LogP contribution is 2.15. The molecule has 7 nitrogen and oxygen atoms in total. The lowest BCUT2D eigenvalue weighted by Crippen LogP contribution is -2.47. The topological polar surface area (TPSA) is 67.8 Å². The second-order valence-electron chi connectivity index (χ2n) is 7.22. The van der Waals surface area contributed by atoms with Crippen LogP contribution in [0.5, 0.6) is 5.75 Å². The van der Waals surface area contributed by atoms with Crippen molar-refractivity contribution in [2.75, 3.05) is 50.8 Å². The number of rotatable bonds is 13. The van der Waals surface area contributed by atoms with Gasteiger partial charge in [0.1, 0.15) is 0 Å². The number of esters is 1. The van der Waals surface area contributed by atoms with Crippen LogP contribution in [-0.4, -0.2) is 66.8 Å². The van der Waals surface area contributed by atoms with Crippen molar-refractivity contribution in [3.05, 3.63) is 12.4 Å². The average molecular weight is 393 g/mol. The zero-order chi connectivity index (χ0) is 20.0. The Morgan fingerprint density at radius 2 is 1.68 bits per heavy atom. The summed E-state index contributed by atoms with van der Waals surface area (Å²) in [6.07, 6.45) is 11.5. The van der Waals surface area contributed by atoms with E-state index in [1.807, 2.05) is 6.92 Å². The van der Waals surface area contributed by atoms with Gasteiger partial charge in [-0.2, -0.15) is 0 Å². The number of carbonyl (C=O) groups is 1. The van der Waals surface area contributed by atoms with Crippen LogP contribution in [0, 0.1) is 0 Å².